The number of nitrogens with two attached hydrogens (primary N) is 4. The smallest absolute Gasteiger partial charge is 0.328 e. The number of primary amides is 2. The Kier molecular flexibility index (Phi) is 36.9. The molecule has 13 atom stereocenters. The van der Waals surface area contributed by atoms with Gasteiger partial charge in [-0.2, -0.15) is 11.8 Å². The summed E-state index contributed by atoms with van der Waals surface area (Å²) in [6, 6.07) is 7.06. The van der Waals surface area contributed by atoms with Crippen molar-refractivity contribution >= 4 is 105 Å². The number of nitrogens with zero attached hydrogens (tertiary/aromatic N) is 1. The van der Waals surface area contributed by atoms with Crippen molar-refractivity contribution in [3.05, 3.63) is 150 Å². The highest BCUT2D eigenvalue weighted by atomic mass is 32.2. The fraction of sp³-hybridized carbons (Fsp3) is 0.442. The van der Waals surface area contributed by atoms with Crippen LogP contribution in [-0.2, 0) is 99.2 Å². The molecule has 0 saturated heterocycles. The van der Waals surface area contributed by atoms with Gasteiger partial charge in [0, 0.05) is 73.9 Å². The van der Waals surface area contributed by atoms with Crippen molar-refractivity contribution in [1.29, 1.82) is 0 Å². The van der Waals surface area contributed by atoms with Crippen molar-refractivity contribution in [2.75, 3.05) is 25.2 Å². The molecule has 2 heterocycles. The Hall–Kier alpha value is -12.0. The number of phenolic OH excluding ortho intramolecular Hbond substituents is 2. The molecule has 38 heteroatoms. The molecular weight excluding hydrogens is 1510 g/mol. The molecule has 0 saturated carbocycles. The van der Waals surface area contributed by atoms with E-state index in [0.29, 0.717) is 58.2 Å². The first-order valence-corrected chi connectivity index (χ1v) is 38.7. The molecule has 4 aromatic carbocycles. The molecule has 0 aliphatic heterocycles. The van der Waals surface area contributed by atoms with Crippen molar-refractivity contribution in [3.8, 4) is 11.5 Å². The summed E-state index contributed by atoms with van der Waals surface area (Å²) in [5.74, 6) is -15.3. The van der Waals surface area contributed by atoms with Crippen LogP contribution < -0.4 is 81.4 Å². The van der Waals surface area contributed by atoms with Gasteiger partial charge in [-0.1, -0.05) is 93.1 Å². The molecule has 6 rings (SSSR count). The number of amides is 13. The number of aliphatic hydroxyl groups is 2. The second-order valence-electron chi connectivity index (χ2n) is 28.0. The molecule has 2 aromatic heterocycles. The largest absolute Gasteiger partial charge is 0.508 e. The third-order valence-corrected chi connectivity index (χ3v) is 19.2. The first kappa shape index (κ1) is 91.9. The van der Waals surface area contributed by atoms with Crippen LogP contribution in [0.4, 0.5) is 0 Å². The number of nitrogens with one attached hydrogen (secondary N) is 13. The van der Waals surface area contributed by atoms with Crippen LogP contribution in [-0.4, -0.2) is 227 Å². The van der Waals surface area contributed by atoms with Gasteiger partial charge < -0.3 is 117 Å². The first-order valence-electron chi connectivity index (χ1n) is 37.3. The minimum Gasteiger partial charge on any atom is -0.508 e. The third kappa shape index (κ3) is 30.1. The highest BCUT2D eigenvalue weighted by Gasteiger charge is 2.39. The number of aromatic nitrogens is 3. The van der Waals surface area contributed by atoms with Gasteiger partial charge in [0.2, 0.25) is 76.8 Å². The summed E-state index contributed by atoms with van der Waals surface area (Å²) in [4.78, 5) is 206. The molecule has 6 aromatic rings. The lowest BCUT2D eigenvalue weighted by Crippen LogP contribution is -2.62. The van der Waals surface area contributed by atoms with E-state index < -0.39 is 200 Å². The molecule has 0 aliphatic rings. The Morgan fingerprint density at radius 1 is 0.461 bits per heavy atom. The Morgan fingerprint density at radius 3 is 1.32 bits per heavy atom. The number of aliphatic hydroxyl groups excluding tert-OH is 2. The number of aromatic amines is 2. The van der Waals surface area contributed by atoms with Crippen LogP contribution in [0, 0.1) is 5.92 Å². The first-order chi connectivity index (χ1) is 54.8. The lowest BCUT2D eigenvalue weighted by molar-refractivity contribution is -0.143. The Morgan fingerprint density at radius 2 is 0.870 bits per heavy atom. The number of unbranched alkanes of at least 4 members (excludes halogenated alkanes) is 1. The second kappa shape index (κ2) is 46.2. The quantitative estimate of drug-likeness (QED) is 0.0169. The highest BCUT2D eigenvalue weighted by Crippen LogP contribution is 2.22. The Bertz CT molecular complexity index is 4270. The fourth-order valence-electron chi connectivity index (χ4n) is 12.1. The number of phenols is 2. The summed E-state index contributed by atoms with van der Waals surface area (Å²) in [5.41, 5.74) is 25.6. The van der Waals surface area contributed by atoms with Gasteiger partial charge in [-0.25, -0.2) is 9.78 Å². The summed E-state index contributed by atoms with van der Waals surface area (Å²) in [6.45, 7) is 3.64. The Labute approximate surface area is 666 Å². The van der Waals surface area contributed by atoms with Gasteiger partial charge in [-0.15, -0.1) is 0 Å². The zero-order chi connectivity index (χ0) is 84.4. The van der Waals surface area contributed by atoms with E-state index in [1.165, 1.54) is 72.8 Å². The standard InChI is InChI=1S/C77H104N18O19S/c1-41(2)64(94-74(110)60(36-47-38-82-40-84-47)88-66(102)51(79)15-10-11-30-78)75(111)86-54(26-28-63(81)101)68(104)89-57(33-44-17-21-48(98)22-18-44)71(107)92-59(35-46-37-83-52-16-9-8-14-50(46)52)73(109)95-65(42(3)97)76(112)87-53(25-27-62(80)100)67(103)85-55(29-31-115-4)69(105)90-56(32-43-12-6-5-7-13-43)70(106)91-58(34-45-19-23-49(99)24-20-45)72(108)93-61(39-96)77(113)114/h5-9,12-14,16-24,37-38,40-42,51,53-61,64-65,83,96-99H,10-11,15,25-36,39,78-79H2,1-4H3,(H2,80,100)(H2,81,101)(H,82,84)(H,85,103)(H,86,111)(H,87,112)(H,88,102)(H,89,104)(H,90,105)(H,91,106)(H,92,107)(H,93,108)(H,94,110)(H,95,109)(H,113,114)/t42-,51+,53+,54+,55+,56+,57+,58+,59+,60+,61+,64+,65+/m1/s1. The number of aliphatic carboxylic acids is 1. The molecule has 0 aliphatic carbocycles. The van der Waals surface area contributed by atoms with Crippen LogP contribution in [0.3, 0.4) is 0 Å². The fourth-order valence-corrected chi connectivity index (χ4v) is 12.6. The molecule has 0 bridgehead atoms. The zero-order valence-corrected chi connectivity index (χ0v) is 64.9. The number of hydrogen-bond acceptors (Lipinski definition) is 22. The van der Waals surface area contributed by atoms with Crippen molar-refractivity contribution in [2.24, 2.45) is 28.9 Å². The van der Waals surface area contributed by atoms with E-state index in [-0.39, 0.29) is 62.2 Å². The van der Waals surface area contributed by atoms with Gasteiger partial charge in [0.15, 0.2) is 0 Å². The van der Waals surface area contributed by atoms with Crippen LogP contribution in [0.25, 0.3) is 10.9 Å². The van der Waals surface area contributed by atoms with Crippen LogP contribution >= 0.6 is 11.8 Å². The topological polar surface area (TPSA) is 621 Å². The number of hydrogen-bond donors (Lipinski definition) is 22. The molecule has 37 nitrogen and oxygen atoms in total. The summed E-state index contributed by atoms with van der Waals surface area (Å²) >= 11 is 1.26. The average molecular weight is 1620 g/mol. The molecule has 0 unspecified atom stereocenters. The maximum Gasteiger partial charge on any atom is 0.328 e. The van der Waals surface area contributed by atoms with Gasteiger partial charge >= 0.3 is 5.97 Å². The number of thioether (sulfide) groups is 1. The summed E-state index contributed by atoms with van der Waals surface area (Å²) in [5, 5.41) is 79.7. The van der Waals surface area contributed by atoms with E-state index in [2.05, 4.69) is 73.4 Å². The number of fused-ring (bicyclic) bond motifs is 1. The van der Waals surface area contributed by atoms with Gasteiger partial charge in [-0.3, -0.25) is 62.3 Å². The predicted octanol–water partition coefficient (Wildman–Crippen LogP) is -3.00. The second-order valence-corrected chi connectivity index (χ2v) is 29.0. The lowest BCUT2D eigenvalue weighted by atomic mass is 9.99. The number of carboxylic acids is 1. The normalized spacial score (nSPS) is 14.6. The van der Waals surface area contributed by atoms with Crippen LogP contribution in [0.1, 0.15) is 100 Å². The molecule has 0 spiro atoms. The molecular formula is C77H104N18O19S. The summed E-state index contributed by atoms with van der Waals surface area (Å²) in [6.07, 6.45) is 2.02. The molecule has 622 valence electrons. The predicted molar refractivity (Wildman–Crippen MR) is 421 cm³/mol. The van der Waals surface area contributed by atoms with Crippen LogP contribution in [0.5, 0.6) is 11.5 Å². The molecule has 0 radical (unpaired) electrons. The van der Waals surface area contributed by atoms with Crippen LogP contribution in [0.2, 0.25) is 0 Å². The number of imidazole rings is 1. The van der Waals surface area contributed by atoms with E-state index in [9.17, 15) is 83.1 Å². The number of carbonyl (C=O) groups excluding carboxylic acids is 13. The van der Waals surface area contributed by atoms with Gasteiger partial charge in [0.1, 0.15) is 78.0 Å². The maximum absolute atomic E-state index is 15.2. The van der Waals surface area contributed by atoms with Gasteiger partial charge in [0.25, 0.3) is 0 Å². The van der Waals surface area contributed by atoms with Gasteiger partial charge in [-0.05, 0) is 116 Å². The highest BCUT2D eigenvalue weighted by molar-refractivity contribution is 7.98. The summed E-state index contributed by atoms with van der Waals surface area (Å²) < 4.78 is 0. The van der Waals surface area contributed by atoms with Crippen molar-refractivity contribution in [2.45, 2.75) is 183 Å². The molecule has 26 N–H and O–H groups in total. The molecule has 0 fully saturated rings. The zero-order valence-electron chi connectivity index (χ0n) is 64.1. The molecule has 115 heavy (non-hydrogen) atoms. The number of rotatable bonds is 49. The SMILES string of the molecule is CSCC[C@H](NC(=O)[C@H](CCC(N)=O)NC(=O)[C@@H](NC(=O)[C@H](Cc1c[nH]c2ccccc12)NC(=O)[C@H](Cc1ccc(O)cc1)NC(=O)[C@H](CCC(N)=O)NC(=O)[C@@H](NC(=O)[C@H](Cc1cnc[nH]1)NC(=O)[C@@H](N)CCCCN)C(C)C)[C@@H](C)O)C(=O)N[C@@H](Cc1ccccc1)C(=O)N[C@@H](Cc1ccc(O)cc1)C(=O)N[C@@H](CO)C(=O)O. The van der Waals surface area contributed by atoms with E-state index in [1.807, 2.05) is 0 Å². The monoisotopic (exact) mass is 1620 g/mol. The summed E-state index contributed by atoms with van der Waals surface area (Å²) in [7, 11) is 0. The Balaban J connectivity index is 1.28. The number of para-hydroxylation sites is 1. The van der Waals surface area contributed by atoms with E-state index in [1.54, 1.807) is 80.9 Å². The number of benzene rings is 4. The van der Waals surface area contributed by atoms with Crippen molar-refractivity contribution in [3.63, 3.8) is 0 Å². The number of H-pyrrole nitrogens is 2. The van der Waals surface area contributed by atoms with E-state index in [4.69, 9.17) is 22.9 Å². The number of aromatic hydroxyl groups is 2. The van der Waals surface area contributed by atoms with E-state index >= 15 is 9.59 Å². The third-order valence-electron chi connectivity index (χ3n) is 18.6. The van der Waals surface area contributed by atoms with Crippen molar-refractivity contribution < 1.29 is 92.7 Å². The van der Waals surface area contributed by atoms with Gasteiger partial charge in [0.05, 0.1) is 25.1 Å². The molecule has 13 amide bonds. The minimum absolute atomic E-state index is 0.123. The number of carbonyl (C=O) groups is 14. The van der Waals surface area contributed by atoms with Crippen LogP contribution in [0.15, 0.2) is 122 Å². The average Bonchev–Trinajstić information content (AvgIpc) is 1.69. The minimum atomic E-state index is -2.00. The van der Waals surface area contributed by atoms with Crippen molar-refractivity contribution in [1.82, 2.24) is 73.4 Å². The van der Waals surface area contributed by atoms with E-state index in [0.717, 1.165) is 6.92 Å². The number of carboxylic acid groups (broad SMARTS) is 1. The lowest BCUT2D eigenvalue weighted by Gasteiger charge is -2.29. The maximum atomic E-state index is 15.2.